The van der Waals surface area contributed by atoms with E-state index in [4.69, 9.17) is 0 Å². The van der Waals surface area contributed by atoms with Gasteiger partial charge in [-0.25, -0.2) is 9.37 Å². The molecule has 1 N–H and O–H groups in total. The average Bonchev–Trinajstić information content (AvgIpc) is 2.69. The van der Waals surface area contributed by atoms with Crippen LogP contribution < -0.4 is 10.9 Å². The Balaban J connectivity index is 1.86. The summed E-state index contributed by atoms with van der Waals surface area (Å²) in [6.45, 7) is 6.51. The molecule has 152 valence electrons. The van der Waals surface area contributed by atoms with E-state index in [9.17, 15) is 14.0 Å². The Labute approximate surface area is 173 Å². The molecule has 29 heavy (non-hydrogen) atoms. The Morgan fingerprint density at radius 3 is 2.52 bits per heavy atom. The summed E-state index contributed by atoms with van der Waals surface area (Å²) in [6, 6.07) is 12.8. The number of aromatic nitrogens is 2. The molecule has 0 saturated heterocycles. The first-order valence-corrected chi connectivity index (χ1v) is 10.5. The number of halogens is 1. The monoisotopic (exact) mass is 413 g/mol. The molecule has 1 amide bonds. The van der Waals surface area contributed by atoms with E-state index in [1.807, 2.05) is 12.1 Å². The van der Waals surface area contributed by atoms with E-state index in [-0.39, 0.29) is 17.3 Å². The van der Waals surface area contributed by atoms with Crippen LogP contribution in [0.25, 0.3) is 10.9 Å². The Morgan fingerprint density at radius 2 is 1.83 bits per heavy atom. The molecule has 0 unspecified atom stereocenters. The number of rotatable bonds is 7. The van der Waals surface area contributed by atoms with Crippen molar-refractivity contribution in [3.05, 3.63) is 64.7 Å². The van der Waals surface area contributed by atoms with Crippen LogP contribution in [-0.2, 0) is 11.3 Å². The number of thioether (sulfide) groups is 1. The molecule has 1 aromatic heterocycles. The minimum atomic E-state index is -0.488. The zero-order chi connectivity index (χ0) is 21.0. The number of nitrogens with one attached hydrogen (secondary N) is 1. The van der Waals surface area contributed by atoms with Gasteiger partial charge in [0.15, 0.2) is 5.16 Å². The van der Waals surface area contributed by atoms with Gasteiger partial charge in [0.1, 0.15) is 5.82 Å². The number of para-hydroxylation sites is 1. The molecule has 2 aromatic carbocycles. The number of hydrogen-bond donors (Lipinski definition) is 1. The highest BCUT2D eigenvalue weighted by molar-refractivity contribution is 8.00. The molecule has 0 aliphatic rings. The Bertz CT molecular complexity index is 1060. The first kappa shape index (κ1) is 21.0. The molecule has 1 atom stereocenters. The van der Waals surface area contributed by atoms with Gasteiger partial charge in [-0.05, 0) is 55.7 Å². The minimum Gasteiger partial charge on any atom is -0.325 e. The number of anilines is 1. The number of carbonyl (C=O) groups is 1. The smallest absolute Gasteiger partial charge is 0.262 e. The van der Waals surface area contributed by atoms with Gasteiger partial charge in [0.2, 0.25) is 5.91 Å². The van der Waals surface area contributed by atoms with Gasteiger partial charge in [-0.2, -0.15) is 0 Å². The van der Waals surface area contributed by atoms with E-state index >= 15 is 0 Å². The maximum absolute atomic E-state index is 13.1. The Hall–Kier alpha value is -2.67. The third-order valence-electron chi connectivity index (χ3n) is 4.52. The van der Waals surface area contributed by atoms with Gasteiger partial charge < -0.3 is 5.32 Å². The number of hydrogen-bond acceptors (Lipinski definition) is 4. The molecule has 0 spiro atoms. The Morgan fingerprint density at radius 1 is 1.14 bits per heavy atom. The number of carbonyl (C=O) groups excluding carboxylic acids is 1. The van der Waals surface area contributed by atoms with Crippen molar-refractivity contribution in [3.63, 3.8) is 0 Å². The number of fused-ring (bicyclic) bond motifs is 1. The van der Waals surface area contributed by atoms with Gasteiger partial charge in [0.25, 0.3) is 5.56 Å². The van der Waals surface area contributed by atoms with Crippen LogP contribution in [0.15, 0.2) is 58.5 Å². The number of benzene rings is 2. The van der Waals surface area contributed by atoms with E-state index in [0.717, 1.165) is 6.42 Å². The predicted octanol–water partition coefficient (Wildman–Crippen LogP) is 4.70. The summed E-state index contributed by atoms with van der Waals surface area (Å²) in [6.07, 6.45) is 0.837. The fraction of sp³-hybridized carbons (Fsp3) is 0.318. The number of amides is 1. The zero-order valence-electron chi connectivity index (χ0n) is 16.7. The van der Waals surface area contributed by atoms with E-state index in [1.54, 1.807) is 23.6 Å². The quantitative estimate of drug-likeness (QED) is 0.450. The van der Waals surface area contributed by atoms with E-state index in [2.05, 4.69) is 24.1 Å². The Kier molecular flexibility index (Phi) is 6.69. The van der Waals surface area contributed by atoms with Crippen molar-refractivity contribution in [3.8, 4) is 0 Å². The molecular weight excluding hydrogens is 389 g/mol. The third kappa shape index (κ3) is 5.23. The molecule has 1 heterocycles. The summed E-state index contributed by atoms with van der Waals surface area (Å²) in [5.74, 6) is -0.162. The van der Waals surface area contributed by atoms with Crippen molar-refractivity contribution in [1.29, 1.82) is 0 Å². The standard InChI is InChI=1S/C22H24FN3O2S/c1-14(2)12-13-26-21(28)18-6-4-5-7-19(18)25-22(26)29-15(3)20(27)24-17-10-8-16(23)9-11-17/h4-11,14-15H,12-13H2,1-3H3,(H,24,27)/t15-/m1/s1. The summed E-state index contributed by atoms with van der Waals surface area (Å²) >= 11 is 1.25. The number of nitrogens with zero attached hydrogens (tertiary/aromatic N) is 2. The molecule has 0 aliphatic carbocycles. The molecule has 3 rings (SSSR count). The van der Waals surface area contributed by atoms with Gasteiger partial charge >= 0.3 is 0 Å². The summed E-state index contributed by atoms with van der Waals surface area (Å²) in [5, 5.41) is 3.38. The lowest BCUT2D eigenvalue weighted by atomic mass is 10.1. The van der Waals surface area contributed by atoms with E-state index in [1.165, 1.54) is 36.0 Å². The first-order valence-electron chi connectivity index (χ1n) is 9.58. The van der Waals surface area contributed by atoms with Gasteiger partial charge in [-0.15, -0.1) is 0 Å². The second-order valence-electron chi connectivity index (χ2n) is 7.31. The highest BCUT2D eigenvalue weighted by Crippen LogP contribution is 2.24. The molecule has 0 saturated carbocycles. The second-order valence-corrected chi connectivity index (χ2v) is 8.62. The molecular formula is C22H24FN3O2S. The molecule has 0 fully saturated rings. The van der Waals surface area contributed by atoms with Crippen molar-refractivity contribution in [2.45, 2.75) is 44.1 Å². The predicted molar refractivity (Wildman–Crippen MR) is 116 cm³/mol. The molecule has 0 aliphatic heterocycles. The van der Waals surface area contributed by atoms with Crippen LogP contribution in [0.3, 0.4) is 0 Å². The van der Waals surface area contributed by atoms with E-state index < -0.39 is 5.25 Å². The lowest BCUT2D eigenvalue weighted by Crippen LogP contribution is -2.27. The molecule has 5 nitrogen and oxygen atoms in total. The summed E-state index contributed by atoms with van der Waals surface area (Å²) in [4.78, 5) is 30.2. The molecule has 0 radical (unpaired) electrons. The largest absolute Gasteiger partial charge is 0.325 e. The molecule has 3 aromatic rings. The third-order valence-corrected chi connectivity index (χ3v) is 5.61. The van der Waals surface area contributed by atoms with Gasteiger partial charge in [-0.3, -0.25) is 14.2 Å². The van der Waals surface area contributed by atoms with Crippen molar-refractivity contribution in [1.82, 2.24) is 9.55 Å². The highest BCUT2D eigenvalue weighted by atomic mass is 32.2. The van der Waals surface area contributed by atoms with Crippen LogP contribution in [0.2, 0.25) is 0 Å². The molecule has 7 heteroatoms. The van der Waals surface area contributed by atoms with Crippen LogP contribution in [0.1, 0.15) is 27.2 Å². The van der Waals surface area contributed by atoms with Crippen molar-refractivity contribution >= 4 is 34.3 Å². The van der Waals surface area contributed by atoms with Crippen molar-refractivity contribution in [2.75, 3.05) is 5.32 Å². The van der Waals surface area contributed by atoms with Crippen LogP contribution in [0, 0.1) is 11.7 Å². The summed E-state index contributed by atoms with van der Waals surface area (Å²) < 4.78 is 14.7. The fourth-order valence-corrected chi connectivity index (χ4v) is 3.75. The zero-order valence-corrected chi connectivity index (χ0v) is 17.5. The second kappa shape index (κ2) is 9.22. The van der Waals surface area contributed by atoms with Gasteiger partial charge in [0.05, 0.1) is 16.2 Å². The van der Waals surface area contributed by atoms with E-state index in [0.29, 0.717) is 34.2 Å². The van der Waals surface area contributed by atoms with Crippen molar-refractivity contribution < 1.29 is 9.18 Å². The first-order chi connectivity index (χ1) is 13.8. The molecule has 0 bridgehead atoms. The lowest BCUT2D eigenvalue weighted by molar-refractivity contribution is -0.115. The van der Waals surface area contributed by atoms with Gasteiger partial charge in [-0.1, -0.05) is 37.7 Å². The highest BCUT2D eigenvalue weighted by Gasteiger charge is 2.20. The topological polar surface area (TPSA) is 64.0 Å². The van der Waals surface area contributed by atoms with Crippen molar-refractivity contribution in [2.24, 2.45) is 5.92 Å². The fourth-order valence-electron chi connectivity index (χ4n) is 2.81. The van der Waals surface area contributed by atoms with Crippen LogP contribution in [0.4, 0.5) is 10.1 Å². The maximum Gasteiger partial charge on any atom is 0.262 e. The maximum atomic E-state index is 13.1. The average molecular weight is 414 g/mol. The lowest BCUT2D eigenvalue weighted by Gasteiger charge is -2.17. The SMILES string of the molecule is CC(C)CCn1c(S[C@H](C)C(=O)Nc2ccc(F)cc2)nc2ccccc2c1=O. The van der Waals surface area contributed by atoms with Crippen LogP contribution in [0.5, 0.6) is 0 Å². The van der Waals surface area contributed by atoms with Gasteiger partial charge in [0, 0.05) is 12.2 Å². The summed E-state index contributed by atoms with van der Waals surface area (Å²) in [5.41, 5.74) is 1.05. The van der Waals surface area contributed by atoms with Crippen LogP contribution >= 0.6 is 11.8 Å². The minimum absolute atomic E-state index is 0.0927. The summed E-state index contributed by atoms with van der Waals surface area (Å²) in [7, 11) is 0. The normalized spacial score (nSPS) is 12.3. The van der Waals surface area contributed by atoms with Crippen LogP contribution in [-0.4, -0.2) is 20.7 Å².